The summed E-state index contributed by atoms with van der Waals surface area (Å²) < 4.78 is 5.48. The van der Waals surface area contributed by atoms with Crippen molar-refractivity contribution in [1.82, 2.24) is 10.6 Å². The Hall–Kier alpha value is -1.58. The SMILES string of the molecule is CNCCCNCc1c(OC)ccc2ccccc12. The van der Waals surface area contributed by atoms with E-state index in [4.69, 9.17) is 4.74 Å². The Morgan fingerprint density at radius 1 is 1.05 bits per heavy atom. The minimum Gasteiger partial charge on any atom is -0.496 e. The second-order valence-electron chi connectivity index (χ2n) is 4.60. The minimum atomic E-state index is 0.842. The molecule has 3 heteroatoms. The zero-order valence-corrected chi connectivity index (χ0v) is 11.7. The topological polar surface area (TPSA) is 33.3 Å². The molecule has 19 heavy (non-hydrogen) atoms. The van der Waals surface area contributed by atoms with Crippen molar-refractivity contribution in [3.8, 4) is 5.75 Å². The van der Waals surface area contributed by atoms with E-state index in [1.54, 1.807) is 7.11 Å². The molecule has 2 rings (SSSR count). The Morgan fingerprint density at radius 2 is 1.89 bits per heavy atom. The van der Waals surface area contributed by atoms with Crippen LogP contribution in [0.4, 0.5) is 0 Å². The Balaban J connectivity index is 2.14. The van der Waals surface area contributed by atoms with Crippen LogP contribution >= 0.6 is 0 Å². The number of benzene rings is 2. The van der Waals surface area contributed by atoms with Crippen LogP contribution in [0.15, 0.2) is 36.4 Å². The molecule has 2 aromatic rings. The zero-order valence-electron chi connectivity index (χ0n) is 11.7. The van der Waals surface area contributed by atoms with Crippen molar-refractivity contribution in [2.24, 2.45) is 0 Å². The third-order valence-electron chi connectivity index (χ3n) is 3.30. The highest BCUT2D eigenvalue weighted by molar-refractivity contribution is 5.87. The van der Waals surface area contributed by atoms with Gasteiger partial charge in [-0.25, -0.2) is 0 Å². The van der Waals surface area contributed by atoms with Gasteiger partial charge in [0, 0.05) is 12.1 Å². The van der Waals surface area contributed by atoms with Gasteiger partial charge in [-0.15, -0.1) is 0 Å². The Kier molecular flexibility index (Phi) is 5.19. The summed E-state index contributed by atoms with van der Waals surface area (Å²) in [5, 5.41) is 9.16. The first-order valence-electron chi connectivity index (χ1n) is 6.76. The summed E-state index contributed by atoms with van der Waals surface area (Å²) in [5.41, 5.74) is 1.24. The lowest BCUT2D eigenvalue weighted by molar-refractivity contribution is 0.408. The third-order valence-corrected chi connectivity index (χ3v) is 3.30. The lowest BCUT2D eigenvalue weighted by Crippen LogP contribution is -2.19. The van der Waals surface area contributed by atoms with Gasteiger partial charge in [0.25, 0.3) is 0 Å². The summed E-state index contributed by atoms with van der Waals surface area (Å²) >= 11 is 0. The quantitative estimate of drug-likeness (QED) is 0.749. The van der Waals surface area contributed by atoms with Crippen LogP contribution < -0.4 is 15.4 Å². The highest BCUT2D eigenvalue weighted by atomic mass is 16.5. The number of ether oxygens (including phenoxy) is 1. The maximum atomic E-state index is 5.48. The molecule has 0 saturated heterocycles. The fourth-order valence-electron chi connectivity index (χ4n) is 2.29. The molecule has 2 aromatic carbocycles. The van der Waals surface area contributed by atoms with Gasteiger partial charge in [-0.2, -0.15) is 0 Å². The van der Waals surface area contributed by atoms with E-state index in [2.05, 4.69) is 41.0 Å². The van der Waals surface area contributed by atoms with Crippen LogP contribution in [0, 0.1) is 0 Å². The standard InChI is InChI=1S/C16H22N2O/c1-17-10-5-11-18-12-15-14-7-4-3-6-13(14)8-9-16(15)19-2/h3-4,6-9,17-18H,5,10-12H2,1-2H3. The fourth-order valence-corrected chi connectivity index (χ4v) is 2.29. The highest BCUT2D eigenvalue weighted by Crippen LogP contribution is 2.27. The van der Waals surface area contributed by atoms with E-state index in [1.165, 1.54) is 16.3 Å². The van der Waals surface area contributed by atoms with Crippen LogP contribution in [0.3, 0.4) is 0 Å². The molecule has 0 heterocycles. The Morgan fingerprint density at radius 3 is 2.68 bits per heavy atom. The Labute approximate surface area is 115 Å². The van der Waals surface area contributed by atoms with E-state index in [-0.39, 0.29) is 0 Å². The molecule has 2 N–H and O–H groups in total. The van der Waals surface area contributed by atoms with Crippen molar-refractivity contribution in [2.75, 3.05) is 27.2 Å². The number of rotatable bonds is 7. The molecule has 102 valence electrons. The first-order valence-corrected chi connectivity index (χ1v) is 6.76. The molecule has 0 aromatic heterocycles. The number of methoxy groups -OCH3 is 1. The van der Waals surface area contributed by atoms with Crippen molar-refractivity contribution < 1.29 is 4.74 Å². The van der Waals surface area contributed by atoms with Crippen LogP contribution in [-0.4, -0.2) is 27.2 Å². The van der Waals surface area contributed by atoms with Crippen LogP contribution in [-0.2, 0) is 6.54 Å². The molecule has 0 saturated carbocycles. The van der Waals surface area contributed by atoms with Crippen molar-refractivity contribution in [3.05, 3.63) is 42.0 Å². The molecular weight excluding hydrogens is 236 g/mol. The van der Waals surface area contributed by atoms with Crippen molar-refractivity contribution in [2.45, 2.75) is 13.0 Å². The van der Waals surface area contributed by atoms with E-state index in [9.17, 15) is 0 Å². The maximum Gasteiger partial charge on any atom is 0.123 e. The Bertz CT molecular complexity index is 525. The maximum absolute atomic E-state index is 5.48. The van der Waals surface area contributed by atoms with Gasteiger partial charge < -0.3 is 15.4 Å². The van der Waals surface area contributed by atoms with Crippen molar-refractivity contribution >= 4 is 10.8 Å². The molecule has 0 aliphatic rings. The first kappa shape index (κ1) is 13.8. The lowest BCUT2D eigenvalue weighted by Gasteiger charge is -2.13. The third kappa shape index (κ3) is 3.46. The summed E-state index contributed by atoms with van der Waals surface area (Å²) in [4.78, 5) is 0. The molecule has 0 atom stereocenters. The summed E-state index contributed by atoms with van der Waals surface area (Å²) in [5.74, 6) is 0.958. The van der Waals surface area contributed by atoms with Crippen molar-refractivity contribution in [1.29, 1.82) is 0 Å². The zero-order chi connectivity index (χ0) is 13.5. The summed E-state index contributed by atoms with van der Waals surface area (Å²) in [6.07, 6.45) is 1.13. The van der Waals surface area contributed by atoms with E-state index in [0.29, 0.717) is 0 Å². The first-order chi connectivity index (χ1) is 9.36. The summed E-state index contributed by atoms with van der Waals surface area (Å²) in [6, 6.07) is 12.6. The number of hydrogen-bond donors (Lipinski definition) is 2. The molecule has 0 aliphatic carbocycles. The molecule has 0 spiro atoms. The molecule has 0 unspecified atom stereocenters. The molecule has 0 fully saturated rings. The summed E-state index contributed by atoms with van der Waals surface area (Å²) in [7, 11) is 3.71. The van der Waals surface area contributed by atoms with Gasteiger partial charge >= 0.3 is 0 Å². The van der Waals surface area contributed by atoms with Gasteiger partial charge in [-0.05, 0) is 43.4 Å². The van der Waals surface area contributed by atoms with E-state index < -0.39 is 0 Å². The van der Waals surface area contributed by atoms with Crippen LogP contribution in [0.1, 0.15) is 12.0 Å². The normalized spacial score (nSPS) is 10.8. The largest absolute Gasteiger partial charge is 0.496 e. The smallest absolute Gasteiger partial charge is 0.123 e. The number of nitrogens with one attached hydrogen (secondary N) is 2. The minimum absolute atomic E-state index is 0.842. The van der Waals surface area contributed by atoms with Gasteiger partial charge in [-0.3, -0.25) is 0 Å². The lowest BCUT2D eigenvalue weighted by atomic mass is 10.0. The van der Waals surface area contributed by atoms with Gasteiger partial charge in [0.1, 0.15) is 5.75 Å². The molecular formula is C16H22N2O. The predicted octanol–water partition coefficient (Wildman–Crippen LogP) is 2.55. The fraction of sp³-hybridized carbons (Fsp3) is 0.375. The highest BCUT2D eigenvalue weighted by Gasteiger charge is 2.07. The van der Waals surface area contributed by atoms with E-state index in [0.717, 1.165) is 31.8 Å². The van der Waals surface area contributed by atoms with Crippen LogP contribution in [0.25, 0.3) is 10.8 Å². The molecule has 0 amide bonds. The van der Waals surface area contributed by atoms with Gasteiger partial charge in [0.15, 0.2) is 0 Å². The van der Waals surface area contributed by atoms with Crippen LogP contribution in [0.2, 0.25) is 0 Å². The molecule has 3 nitrogen and oxygen atoms in total. The van der Waals surface area contributed by atoms with Crippen LogP contribution in [0.5, 0.6) is 5.75 Å². The summed E-state index contributed by atoms with van der Waals surface area (Å²) in [6.45, 7) is 2.89. The second kappa shape index (κ2) is 7.12. The van der Waals surface area contributed by atoms with Gasteiger partial charge in [0.05, 0.1) is 7.11 Å². The van der Waals surface area contributed by atoms with Gasteiger partial charge in [-0.1, -0.05) is 30.3 Å². The average Bonchev–Trinajstić information content (AvgIpc) is 2.47. The monoisotopic (exact) mass is 258 g/mol. The molecule has 0 bridgehead atoms. The number of fused-ring (bicyclic) bond motifs is 1. The van der Waals surface area contributed by atoms with Crippen molar-refractivity contribution in [3.63, 3.8) is 0 Å². The van der Waals surface area contributed by atoms with E-state index >= 15 is 0 Å². The van der Waals surface area contributed by atoms with Gasteiger partial charge in [0.2, 0.25) is 0 Å². The molecule has 0 aliphatic heterocycles. The van der Waals surface area contributed by atoms with E-state index in [1.807, 2.05) is 13.1 Å². The molecule has 0 radical (unpaired) electrons. The predicted molar refractivity (Wildman–Crippen MR) is 80.8 cm³/mol. The number of hydrogen-bond acceptors (Lipinski definition) is 3. The average molecular weight is 258 g/mol. The second-order valence-corrected chi connectivity index (χ2v) is 4.60.